The summed E-state index contributed by atoms with van der Waals surface area (Å²) in [4.78, 5) is 0. The quantitative estimate of drug-likeness (QED) is 0.926. The highest BCUT2D eigenvalue weighted by Gasteiger charge is 2.30. The number of hydrogen-bond donors (Lipinski definition) is 1. The monoisotopic (exact) mass is 281 g/mol. The second kappa shape index (κ2) is 5.96. The molecule has 0 atom stereocenters. The normalized spacial score (nSPS) is 11.4. The maximum Gasteiger partial charge on any atom is 0.573 e. The molecule has 0 aliphatic heterocycles. The van der Waals surface area contributed by atoms with E-state index in [9.17, 15) is 13.2 Å². The van der Waals surface area contributed by atoms with Crippen LogP contribution in [0.25, 0.3) is 11.1 Å². The van der Waals surface area contributed by atoms with Gasteiger partial charge in [0.1, 0.15) is 5.75 Å². The van der Waals surface area contributed by atoms with Gasteiger partial charge in [-0.2, -0.15) is 0 Å². The predicted molar refractivity (Wildman–Crippen MR) is 71.3 cm³/mol. The van der Waals surface area contributed by atoms with Gasteiger partial charge in [-0.15, -0.1) is 13.2 Å². The smallest absolute Gasteiger partial charge is 0.406 e. The van der Waals surface area contributed by atoms with Crippen molar-refractivity contribution in [3.63, 3.8) is 0 Å². The Labute approximate surface area is 115 Å². The number of benzene rings is 2. The van der Waals surface area contributed by atoms with E-state index in [-0.39, 0.29) is 5.75 Å². The average molecular weight is 281 g/mol. The zero-order chi connectivity index (χ0) is 14.6. The number of rotatable bonds is 4. The highest BCUT2D eigenvalue weighted by Crippen LogP contribution is 2.26. The topological polar surface area (TPSA) is 35.2 Å². The van der Waals surface area contributed by atoms with Crippen LogP contribution in [0.5, 0.6) is 5.75 Å². The number of alkyl halides is 3. The maximum atomic E-state index is 12.0. The minimum atomic E-state index is -4.66. The summed E-state index contributed by atoms with van der Waals surface area (Å²) < 4.78 is 40.0. The van der Waals surface area contributed by atoms with E-state index in [0.29, 0.717) is 6.54 Å². The Bertz CT molecular complexity index is 547. The van der Waals surface area contributed by atoms with Gasteiger partial charge >= 0.3 is 6.36 Å². The third kappa shape index (κ3) is 3.99. The van der Waals surface area contributed by atoms with E-state index >= 15 is 0 Å². The Balaban J connectivity index is 2.13. The number of hydrogen-bond acceptors (Lipinski definition) is 2. The Morgan fingerprint density at radius 1 is 0.850 bits per heavy atom. The van der Waals surface area contributed by atoms with E-state index < -0.39 is 6.36 Å². The Morgan fingerprint density at radius 2 is 1.35 bits per heavy atom. The first-order chi connectivity index (χ1) is 9.48. The highest BCUT2D eigenvalue weighted by atomic mass is 19.4. The molecule has 106 valence electrons. The molecule has 2 aromatic rings. The van der Waals surface area contributed by atoms with Crippen molar-refractivity contribution >= 4 is 0 Å². The summed E-state index contributed by atoms with van der Waals surface area (Å²) in [6.45, 7) is 0.586. The molecule has 0 aliphatic rings. The van der Waals surface area contributed by atoms with Crippen LogP contribution in [0.2, 0.25) is 0 Å². The molecule has 0 spiro atoms. The van der Waals surface area contributed by atoms with Gasteiger partial charge in [-0.25, -0.2) is 0 Å². The molecule has 2 aromatic carbocycles. The lowest BCUT2D eigenvalue weighted by atomic mass is 10.0. The molecule has 2 N–H and O–H groups in total. The van der Waals surface area contributed by atoms with Gasteiger partial charge in [-0.05, 0) is 41.8 Å². The van der Waals surface area contributed by atoms with E-state index in [1.807, 2.05) is 24.3 Å². The van der Waals surface area contributed by atoms with Crippen molar-refractivity contribution in [3.05, 3.63) is 54.1 Å². The summed E-state index contributed by atoms with van der Waals surface area (Å²) in [6, 6.07) is 13.6. The zero-order valence-electron chi connectivity index (χ0n) is 10.7. The largest absolute Gasteiger partial charge is 0.573 e. The fourth-order valence-electron chi connectivity index (χ4n) is 1.88. The number of halogens is 3. The van der Waals surface area contributed by atoms with Crippen LogP contribution in [0.4, 0.5) is 13.2 Å². The SMILES string of the molecule is NCCc1ccc(-c2ccc(OC(F)(F)F)cc2)cc1. The third-order valence-corrected chi connectivity index (χ3v) is 2.81. The minimum Gasteiger partial charge on any atom is -0.406 e. The Hall–Kier alpha value is -2.01. The van der Waals surface area contributed by atoms with E-state index in [0.717, 1.165) is 23.1 Å². The van der Waals surface area contributed by atoms with Gasteiger partial charge in [0.15, 0.2) is 0 Å². The maximum absolute atomic E-state index is 12.0. The summed E-state index contributed by atoms with van der Waals surface area (Å²) in [6.07, 6.45) is -3.86. The summed E-state index contributed by atoms with van der Waals surface area (Å²) in [5.41, 5.74) is 8.37. The van der Waals surface area contributed by atoms with Crippen LogP contribution in [-0.2, 0) is 6.42 Å². The van der Waals surface area contributed by atoms with Crippen LogP contribution >= 0.6 is 0 Å². The number of nitrogens with two attached hydrogens (primary N) is 1. The fourth-order valence-corrected chi connectivity index (χ4v) is 1.88. The molecule has 20 heavy (non-hydrogen) atoms. The molecule has 0 aromatic heterocycles. The van der Waals surface area contributed by atoms with Crippen molar-refractivity contribution in [2.24, 2.45) is 5.73 Å². The summed E-state index contributed by atoms with van der Waals surface area (Å²) >= 11 is 0. The number of ether oxygens (including phenoxy) is 1. The van der Waals surface area contributed by atoms with E-state index in [2.05, 4.69) is 4.74 Å². The first-order valence-electron chi connectivity index (χ1n) is 6.13. The molecule has 0 amide bonds. The van der Waals surface area contributed by atoms with Crippen molar-refractivity contribution in [2.45, 2.75) is 12.8 Å². The molecule has 0 fully saturated rings. The second-order valence-corrected chi connectivity index (χ2v) is 4.31. The van der Waals surface area contributed by atoms with Gasteiger partial charge in [0.25, 0.3) is 0 Å². The molecule has 2 nitrogen and oxygen atoms in total. The second-order valence-electron chi connectivity index (χ2n) is 4.31. The zero-order valence-corrected chi connectivity index (χ0v) is 10.7. The van der Waals surface area contributed by atoms with E-state index in [1.54, 1.807) is 12.1 Å². The molecule has 2 rings (SSSR count). The first-order valence-corrected chi connectivity index (χ1v) is 6.13. The fraction of sp³-hybridized carbons (Fsp3) is 0.200. The standard InChI is InChI=1S/C15H14F3NO/c16-15(17,18)20-14-7-5-13(6-8-14)12-3-1-11(2-4-12)9-10-19/h1-8H,9-10,19H2. The molecule has 0 radical (unpaired) electrons. The van der Waals surface area contributed by atoms with Crippen molar-refractivity contribution < 1.29 is 17.9 Å². The van der Waals surface area contributed by atoms with Gasteiger partial charge in [0, 0.05) is 0 Å². The van der Waals surface area contributed by atoms with E-state index in [1.165, 1.54) is 12.1 Å². The predicted octanol–water partition coefficient (Wildman–Crippen LogP) is 3.75. The molecule has 0 heterocycles. The molecule has 0 unspecified atom stereocenters. The molecule has 0 saturated carbocycles. The lowest BCUT2D eigenvalue weighted by Crippen LogP contribution is -2.16. The lowest BCUT2D eigenvalue weighted by molar-refractivity contribution is -0.274. The van der Waals surface area contributed by atoms with Crippen molar-refractivity contribution in [2.75, 3.05) is 6.54 Å². The van der Waals surface area contributed by atoms with Crippen molar-refractivity contribution in [3.8, 4) is 16.9 Å². The van der Waals surface area contributed by atoms with Crippen LogP contribution in [0, 0.1) is 0 Å². The van der Waals surface area contributed by atoms with Gasteiger partial charge in [0.05, 0.1) is 0 Å². The van der Waals surface area contributed by atoms with Crippen LogP contribution in [-0.4, -0.2) is 12.9 Å². The molecule has 0 saturated heterocycles. The summed E-state index contributed by atoms with van der Waals surface area (Å²) in [5, 5.41) is 0. The van der Waals surface area contributed by atoms with Crippen LogP contribution in [0.3, 0.4) is 0 Å². The van der Waals surface area contributed by atoms with Crippen molar-refractivity contribution in [1.29, 1.82) is 0 Å². The molecule has 0 aliphatic carbocycles. The van der Waals surface area contributed by atoms with Gasteiger partial charge in [-0.1, -0.05) is 36.4 Å². The van der Waals surface area contributed by atoms with Crippen LogP contribution in [0.15, 0.2) is 48.5 Å². The highest BCUT2D eigenvalue weighted by molar-refractivity contribution is 5.64. The van der Waals surface area contributed by atoms with Gasteiger partial charge in [-0.3, -0.25) is 0 Å². The summed E-state index contributed by atoms with van der Waals surface area (Å²) in [7, 11) is 0. The summed E-state index contributed by atoms with van der Waals surface area (Å²) in [5.74, 6) is -0.221. The molecular weight excluding hydrogens is 267 g/mol. The molecular formula is C15H14F3NO. The van der Waals surface area contributed by atoms with Gasteiger partial charge < -0.3 is 10.5 Å². The molecule has 5 heteroatoms. The van der Waals surface area contributed by atoms with Crippen LogP contribution in [0.1, 0.15) is 5.56 Å². The third-order valence-electron chi connectivity index (χ3n) is 2.81. The Morgan fingerprint density at radius 3 is 1.80 bits per heavy atom. The van der Waals surface area contributed by atoms with Crippen LogP contribution < -0.4 is 10.5 Å². The van der Waals surface area contributed by atoms with Gasteiger partial charge in [0.2, 0.25) is 0 Å². The average Bonchev–Trinajstić information content (AvgIpc) is 2.39. The van der Waals surface area contributed by atoms with E-state index in [4.69, 9.17) is 5.73 Å². The Kier molecular flexibility index (Phi) is 4.29. The minimum absolute atomic E-state index is 0.221. The first kappa shape index (κ1) is 14.4. The van der Waals surface area contributed by atoms with Crippen molar-refractivity contribution in [1.82, 2.24) is 0 Å². The lowest BCUT2D eigenvalue weighted by Gasteiger charge is -2.09. The molecule has 0 bridgehead atoms.